The molecule has 3 aromatic heterocycles. The fourth-order valence-electron chi connectivity index (χ4n) is 5.42. The van der Waals surface area contributed by atoms with Crippen LogP contribution in [-0.4, -0.2) is 52.9 Å². The molecule has 1 fully saturated rings. The Balaban J connectivity index is 1.63. The second kappa shape index (κ2) is 11.1. The molecular formula is C30H36N8O4. The number of imidazole rings is 1. The molecule has 1 aliphatic rings. The SMILES string of the molecule is CC#CCn1c(N2CCC[C@@H](C(=O)OC(C)(C)C)C2N)nc2c1c(=O)n(Cc1nc(C)c3ccccc3n1)c(=O)n2C. The van der Waals surface area contributed by atoms with E-state index in [1.165, 1.54) is 4.57 Å². The molecule has 12 heteroatoms. The van der Waals surface area contributed by atoms with Gasteiger partial charge in [0, 0.05) is 24.7 Å². The molecular weight excluding hydrogens is 536 g/mol. The smallest absolute Gasteiger partial charge is 0.332 e. The van der Waals surface area contributed by atoms with Crippen LogP contribution in [0.25, 0.3) is 22.1 Å². The van der Waals surface area contributed by atoms with Crippen LogP contribution in [-0.2, 0) is 29.7 Å². The molecule has 4 aromatic rings. The van der Waals surface area contributed by atoms with Crippen LogP contribution in [0.5, 0.6) is 0 Å². The van der Waals surface area contributed by atoms with Crippen LogP contribution in [0, 0.1) is 24.7 Å². The van der Waals surface area contributed by atoms with E-state index in [1.807, 2.05) is 52.0 Å². The first kappa shape index (κ1) is 29.0. The lowest BCUT2D eigenvalue weighted by atomic mass is 9.94. The summed E-state index contributed by atoms with van der Waals surface area (Å²) in [5.41, 5.74) is 6.82. The quantitative estimate of drug-likeness (QED) is 0.281. The van der Waals surface area contributed by atoms with E-state index >= 15 is 0 Å². The van der Waals surface area contributed by atoms with E-state index in [-0.39, 0.29) is 30.2 Å². The third-order valence-corrected chi connectivity index (χ3v) is 7.42. The number of carbonyl (C=O) groups excluding carboxylic acids is 1. The van der Waals surface area contributed by atoms with Gasteiger partial charge in [-0.05, 0) is 53.5 Å². The standard InChI is InChI=1S/C30H36N8O4/c1-7-8-15-36-23-25(34-28(36)37-16-11-13-20(24(37)31)27(40)42-30(3,4)5)35(6)29(41)38(26(23)39)17-22-32-18(2)19-12-9-10-14-21(19)33-22/h9-10,12,14,20,24H,11,13,15-17,31H2,1-6H3/t20-,24?/m1/s1. The number of fused-ring (bicyclic) bond motifs is 2. The van der Waals surface area contributed by atoms with Crippen molar-refractivity contribution >= 4 is 34.0 Å². The van der Waals surface area contributed by atoms with Crippen molar-refractivity contribution in [1.82, 2.24) is 28.7 Å². The molecule has 12 nitrogen and oxygen atoms in total. The average molecular weight is 573 g/mol. The Labute approximate surface area is 243 Å². The van der Waals surface area contributed by atoms with Crippen molar-refractivity contribution in [2.24, 2.45) is 18.7 Å². The van der Waals surface area contributed by atoms with Gasteiger partial charge in [-0.25, -0.2) is 14.8 Å². The number of rotatable bonds is 5. The summed E-state index contributed by atoms with van der Waals surface area (Å²) < 4.78 is 9.77. The lowest BCUT2D eigenvalue weighted by Crippen LogP contribution is -2.55. The fourth-order valence-corrected chi connectivity index (χ4v) is 5.42. The Bertz CT molecular complexity index is 1870. The van der Waals surface area contributed by atoms with Crippen LogP contribution in [0.2, 0.25) is 0 Å². The van der Waals surface area contributed by atoms with Crippen molar-refractivity contribution < 1.29 is 9.53 Å². The van der Waals surface area contributed by atoms with Crippen LogP contribution in [0.1, 0.15) is 52.1 Å². The van der Waals surface area contributed by atoms with Crippen molar-refractivity contribution in [3.05, 3.63) is 56.6 Å². The first-order chi connectivity index (χ1) is 19.9. The number of aromatic nitrogens is 6. The summed E-state index contributed by atoms with van der Waals surface area (Å²) in [5, 5.41) is 0.903. The molecule has 0 radical (unpaired) electrons. The number of hydrogen-bond donors (Lipinski definition) is 1. The minimum Gasteiger partial charge on any atom is -0.460 e. The third kappa shape index (κ3) is 5.27. The number of para-hydroxylation sites is 1. The lowest BCUT2D eigenvalue weighted by molar-refractivity contribution is -0.161. The number of benzene rings is 1. The molecule has 42 heavy (non-hydrogen) atoms. The minimum absolute atomic E-state index is 0.114. The van der Waals surface area contributed by atoms with E-state index < -0.39 is 28.9 Å². The summed E-state index contributed by atoms with van der Waals surface area (Å²) in [6, 6.07) is 7.59. The lowest BCUT2D eigenvalue weighted by Gasteiger charge is -2.39. The van der Waals surface area contributed by atoms with Gasteiger partial charge in [-0.1, -0.05) is 24.1 Å². The van der Waals surface area contributed by atoms with Crippen molar-refractivity contribution in [2.45, 2.75) is 72.3 Å². The van der Waals surface area contributed by atoms with Gasteiger partial charge in [0.2, 0.25) is 5.95 Å². The average Bonchev–Trinajstić information content (AvgIpc) is 3.31. The van der Waals surface area contributed by atoms with Gasteiger partial charge in [0.15, 0.2) is 11.2 Å². The van der Waals surface area contributed by atoms with Crippen LogP contribution in [0.4, 0.5) is 5.95 Å². The number of carbonyl (C=O) groups is 1. The zero-order valence-electron chi connectivity index (χ0n) is 24.8. The van der Waals surface area contributed by atoms with Crippen LogP contribution < -0.4 is 21.9 Å². The van der Waals surface area contributed by atoms with Gasteiger partial charge in [-0.3, -0.25) is 23.3 Å². The summed E-state index contributed by atoms with van der Waals surface area (Å²) in [7, 11) is 1.57. The molecule has 0 bridgehead atoms. The highest BCUT2D eigenvalue weighted by Crippen LogP contribution is 2.30. The van der Waals surface area contributed by atoms with Gasteiger partial charge in [-0.15, -0.1) is 5.92 Å². The van der Waals surface area contributed by atoms with E-state index in [0.717, 1.165) is 21.2 Å². The fraction of sp³-hybridized carbons (Fsp3) is 0.467. The maximum absolute atomic E-state index is 14.0. The molecule has 0 amide bonds. The molecule has 4 heterocycles. The van der Waals surface area contributed by atoms with Gasteiger partial charge >= 0.3 is 11.7 Å². The summed E-state index contributed by atoms with van der Waals surface area (Å²) in [4.78, 5) is 56.2. The first-order valence-corrected chi connectivity index (χ1v) is 14.0. The molecule has 1 aliphatic heterocycles. The number of hydrogen-bond acceptors (Lipinski definition) is 9. The normalized spacial score (nSPS) is 17.4. The maximum atomic E-state index is 14.0. The highest BCUT2D eigenvalue weighted by Gasteiger charge is 2.38. The summed E-state index contributed by atoms with van der Waals surface area (Å²) >= 11 is 0. The Hall–Kier alpha value is -4.50. The highest BCUT2D eigenvalue weighted by atomic mass is 16.6. The van der Waals surface area contributed by atoms with Gasteiger partial charge < -0.3 is 15.4 Å². The number of esters is 1. The Morgan fingerprint density at radius 2 is 1.88 bits per heavy atom. The molecule has 0 saturated carbocycles. The zero-order chi connectivity index (χ0) is 30.3. The largest absolute Gasteiger partial charge is 0.460 e. The van der Waals surface area contributed by atoms with Crippen molar-refractivity contribution in [3.63, 3.8) is 0 Å². The summed E-state index contributed by atoms with van der Waals surface area (Å²) in [5.74, 6) is 5.64. The molecule has 1 aromatic carbocycles. The van der Waals surface area contributed by atoms with Crippen LogP contribution in [0.15, 0.2) is 33.9 Å². The van der Waals surface area contributed by atoms with Gasteiger partial charge in [0.1, 0.15) is 11.4 Å². The van der Waals surface area contributed by atoms with Crippen molar-refractivity contribution in [1.29, 1.82) is 0 Å². The predicted octanol–water partition coefficient (Wildman–Crippen LogP) is 2.06. The van der Waals surface area contributed by atoms with E-state index in [4.69, 9.17) is 15.5 Å². The number of aryl methyl sites for hydroxylation is 2. The van der Waals surface area contributed by atoms with Gasteiger partial charge in [-0.2, -0.15) is 4.98 Å². The maximum Gasteiger partial charge on any atom is 0.332 e. The van der Waals surface area contributed by atoms with Crippen molar-refractivity contribution in [3.8, 4) is 11.8 Å². The molecule has 2 N–H and O–H groups in total. The number of nitrogens with zero attached hydrogens (tertiary/aromatic N) is 7. The Morgan fingerprint density at radius 3 is 2.60 bits per heavy atom. The van der Waals surface area contributed by atoms with Crippen LogP contribution in [0.3, 0.4) is 0 Å². The van der Waals surface area contributed by atoms with E-state index in [9.17, 15) is 14.4 Å². The second-order valence-electron chi connectivity index (χ2n) is 11.5. The molecule has 1 saturated heterocycles. The number of anilines is 1. The number of piperidine rings is 1. The van der Waals surface area contributed by atoms with Gasteiger partial charge in [0.05, 0.1) is 30.7 Å². The van der Waals surface area contributed by atoms with Crippen molar-refractivity contribution in [2.75, 3.05) is 11.4 Å². The predicted molar refractivity (Wildman–Crippen MR) is 160 cm³/mol. The van der Waals surface area contributed by atoms with Crippen LogP contribution >= 0.6 is 0 Å². The molecule has 0 spiro atoms. The van der Waals surface area contributed by atoms with E-state index in [1.54, 1.807) is 23.4 Å². The highest BCUT2D eigenvalue weighted by molar-refractivity contribution is 5.80. The summed E-state index contributed by atoms with van der Waals surface area (Å²) in [6.45, 7) is 9.56. The zero-order valence-corrected chi connectivity index (χ0v) is 24.8. The summed E-state index contributed by atoms with van der Waals surface area (Å²) in [6.07, 6.45) is 0.493. The Kier molecular flexibility index (Phi) is 7.64. The van der Waals surface area contributed by atoms with E-state index in [0.29, 0.717) is 31.2 Å². The third-order valence-electron chi connectivity index (χ3n) is 7.42. The molecule has 5 rings (SSSR count). The second-order valence-corrected chi connectivity index (χ2v) is 11.5. The van der Waals surface area contributed by atoms with E-state index in [2.05, 4.69) is 21.8 Å². The molecule has 0 aliphatic carbocycles. The topological polar surface area (TPSA) is 143 Å². The number of nitrogens with two attached hydrogens (primary N) is 1. The first-order valence-electron chi connectivity index (χ1n) is 14.0. The molecule has 220 valence electrons. The Morgan fingerprint density at radius 1 is 1.14 bits per heavy atom. The number of ether oxygens (including phenoxy) is 1. The molecule has 2 atom stereocenters. The minimum atomic E-state index is -0.744. The molecule has 1 unspecified atom stereocenters. The van der Waals surface area contributed by atoms with Gasteiger partial charge in [0.25, 0.3) is 5.56 Å². The monoisotopic (exact) mass is 572 g/mol.